The maximum Gasteiger partial charge on any atom is 0.251 e. The Bertz CT molecular complexity index is 1640. The molecule has 2 N–H and O–H groups in total. The molecule has 0 bridgehead atoms. The number of fused-ring (bicyclic) bond motifs is 1. The van der Waals surface area contributed by atoms with Crippen LogP contribution in [0.25, 0.3) is 33.3 Å². The standard InChI is InChI=1S/C28H22BrFN4O3/c29-20-9-19(10-21(30)13-20)25(15-35)34-8-7-17(12-27(34)36)16-1-5-24-23(11-16)28(33-32-24)18-2-6-26(31-14-18)37-22-3-4-22/h1-2,5-14,22,25,35H,3-4,15H2,(H,32,33)/t25-/m1/s1. The van der Waals surface area contributed by atoms with Crippen LogP contribution in [0.1, 0.15) is 24.4 Å². The summed E-state index contributed by atoms with van der Waals surface area (Å²) in [6, 6.07) is 16.6. The van der Waals surface area contributed by atoms with Crippen molar-refractivity contribution in [2.75, 3.05) is 6.61 Å². The lowest BCUT2D eigenvalue weighted by atomic mass is 10.0. The van der Waals surface area contributed by atoms with Crippen LogP contribution in [0.5, 0.6) is 5.88 Å². The molecule has 1 aliphatic rings. The van der Waals surface area contributed by atoms with E-state index in [1.807, 2.05) is 36.4 Å². The minimum Gasteiger partial charge on any atom is -0.474 e. The van der Waals surface area contributed by atoms with Crippen LogP contribution in [0.2, 0.25) is 0 Å². The second-order valence-electron chi connectivity index (χ2n) is 9.10. The molecule has 6 rings (SSSR count). The van der Waals surface area contributed by atoms with Crippen LogP contribution in [-0.4, -0.2) is 37.6 Å². The summed E-state index contributed by atoms with van der Waals surface area (Å²) < 4.78 is 21.6. The van der Waals surface area contributed by atoms with Gasteiger partial charge in [-0.05, 0) is 72.0 Å². The van der Waals surface area contributed by atoms with Crippen molar-refractivity contribution in [1.29, 1.82) is 0 Å². The molecule has 1 fully saturated rings. The molecule has 5 aromatic rings. The number of halogens is 2. The zero-order valence-electron chi connectivity index (χ0n) is 19.6. The van der Waals surface area contributed by atoms with Gasteiger partial charge in [0.2, 0.25) is 5.88 Å². The SMILES string of the molecule is O=c1cc(-c2ccc3[nH]nc(-c4ccc(OC5CC5)nc4)c3c2)ccn1[C@H](CO)c1cc(F)cc(Br)c1. The van der Waals surface area contributed by atoms with Crippen LogP contribution >= 0.6 is 15.9 Å². The number of hydrogen-bond donors (Lipinski definition) is 2. The van der Waals surface area contributed by atoms with Crippen LogP contribution in [0, 0.1) is 5.82 Å². The van der Waals surface area contributed by atoms with E-state index >= 15 is 0 Å². The number of ether oxygens (including phenoxy) is 1. The molecule has 0 unspecified atom stereocenters. The van der Waals surface area contributed by atoms with Crippen molar-refractivity contribution >= 4 is 26.8 Å². The smallest absolute Gasteiger partial charge is 0.251 e. The van der Waals surface area contributed by atoms with Gasteiger partial charge in [0.1, 0.15) is 17.6 Å². The van der Waals surface area contributed by atoms with E-state index < -0.39 is 11.9 Å². The zero-order chi connectivity index (χ0) is 25.5. The molecule has 186 valence electrons. The minimum atomic E-state index is -0.712. The highest BCUT2D eigenvalue weighted by Gasteiger charge is 2.24. The molecule has 37 heavy (non-hydrogen) atoms. The van der Waals surface area contributed by atoms with E-state index in [1.165, 1.54) is 22.8 Å². The van der Waals surface area contributed by atoms with E-state index in [1.54, 1.807) is 18.5 Å². The molecule has 0 saturated heterocycles. The lowest BCUT2D eigenvalue weighted by Crippen LogP contribution is -2.27. The van der Waals surface area contributed by atoms with E-state index in [9.17, 15) is 14.3 Å². The number of aliphatic hydroxyl groups is 1. The molecule has 9 heteroatoms. The van der Waals surface area contributed by atoms with Gasteiger partial charge in [-0.2, -0.15) is 5.10 Å². The Morgan fingerprint density at radius 2 is 1.89 bits per heavy atom. The van der Waals surface area contributed by atoms with Crippen LogP contribution < -0.4 is 10.3 Å². The van der Waals surface area contributed by atoms with Crippen LogP contribution in [0.4, 0.5) is 4.39 Å². The summed E-state index contributed by atoms with van der Waals surface area (Å²) in [4.78, 5) is 17.5. The fourth-order valence-corrected chi connectivity index (χ4v) is 4.89. The second-order valence-corrected chi connectivity index (χ2v) is 10.0. The number of nitrogens with one attached hydrogen (secondary N) is 1. The number of hydrogen-bond acceptors (Lipinski definition) is 5. The third-order valence-corrected chi connectivity index (χ3v) is 6.90. The summed E-state index contributed by atoms with van der Waals surface area (Å²) in [5.74, 6) is 0.163. The fourth-order valence-electron chi connectivity index (χ4n) is 4.41. The van der Waals surface area contributed by atoms with E-state index in [4.69, 9.17) is 4.74 Å². The lowest BCUT2D eigenvalue weighted by Gasteiger charge is -2.19. The number of pyridine rings is 2. The summed E-state index contributed by atoms with van der Waals surface area (Å²) in [6.07, 6.45) is 5.81. The molecule has 2 aromatic carbocycles. The molecule has 3 aromatic heterocycles. The number of aromatic amines is 1. The Kier molecular flexibility index (Phi) is 6.10. The van der Waals surface area contributed by atoms with Crippen molar-refractivity contribution in [3.05, 3.63) is 99.3 Å². The first-order valence-corrected chi connectivity index (χ1v) is 12.7. The second kappa shape index (κ2) is 9.57. The van der Waals surface area contributed by atoms with Crippen molar-refractivity contribution in [1.82, 2.24) is 19.7 Å². The van der Waals surface area contributed by atoms with Crippen molar-refractivity contribution in [3.63, 3.8) is 0 Å². The topological polar surface area (TPSA) is 93.0 Å². The molecular formula is C28H22BrFN4O3. The predicted octanol–water partition coefficient (Wildman–Crippen LogP) is 5.48. The molecule has 0 spiro atoms. The lowest BCUT2D eigenvalue weighted by molar-refractivity contribution is 0.246. The first kappa shape index (κ1) is 23.6. The number of H-pyrrole nitrogens is 1. The molecule has 1 saturated carbocycles. The Hall–Kier alpha value is -3.82. The number of aromatic nitrogens is 4. The highest BCUT2D eigenvalue weighted by molar-refractivity contribution is 9.10. The summed E-state index contributed by atoms with van der Waals surface area (Å²) in [5.41, 5.74) is 4.23. The third-order valence-electron chi connectivity index (χ3n) is 6.44. The van der Waals surface area contributed by atoms with Crippen LogP contribution in [0.15, 0.2) is 82.3 Å². The maximum absolute atomic E-state index is 13.9. The quantitative estimate of drug-likeness (QED) is 0.275. The number of nitrogens with zero attached hydrogens (tertiary/aromatic N) is 3. The largest absolute Gasteiger partial charge is 0.474 e. The number of aliphatic hydroxyl groups excluding tert-OH is 1. The van der Waals surface area contributed by atoms with Crippen molar-refractivity contribution in [2.24, 2.45) is 0 Å². The van der Waals surface area contributed by atoms with Gasteiger partial charge in [0.15, 0.2) is 0 Å². The Balaban J connectivity index is 1.33. The van der Waals surface area contributed by atoms with Gasteiger partial charge in [0.25, 0.3) is 5.56 Å². The average molecular weight is 561 g/mol. The Morgan fingerprint density at radius 3 is 2.59 bits per heavy atom. The van der Waals surface area contributed by atoms with Gasteiger partial charge in [-0.3, -0.25) is 9.89 Å². The van der Waals surface area contributed by atoms with E-state index in [0.29, 0.717) is 15.9 Å². The molecule has 0 radical (unpaired) electrons. The molecule has 0 aliphatic heterocycles. The normalized spacial score (nSPS) is 14.1. The summed E-state index contributed by atoms with van der Waals surface area (Å²) in [6.45, 7) is -0.349. The number of benzene rings is 2. The highest BCUT2D eigenvalue weighted by atomic mass is 79.9. The van der Waals surface area contributed by atoms with Crippen molar-refractivity contribution < 1.29 is 14.2 Å². The zero-order valence-corrected chi connectivity index (χ0v) is 21.2. The van der Waals surface area contributed by atoms with Gasteiger partial charge in [0.05, 0.1) is 18.2 Å². The average Bonchev–Trinajstić information content (AvgIpc) is 3.60. The van der Waals surface area contributed by atoms with Crippen molar-refractivity contribution in [2.45, 2.75) is 25.0 Å². The molecule has 1 aliphatic carbocycles. The van der Waals surface area contributed by atoms with Crippen molar-refractivity contribution in [3.8, 4) is 28.3 Å². The molecule has 1 atom stereocenters. The van der Waals surface area contributed by atoms with Crippen LogP contribution in [0.3, 0.4) is 0 Å². The van der Waals surface area contributed by atoms with Gasteiger partial charge < -0.3 is 14.4 Å². The van der Waals surface area contributed by atoms with E-state index in [-0.39, 0.29) is 18.3 Å². The first-order valence-electron chi connectivity index (χ1n) is 11.9. The Labute approximate surface area is 219 Å². The van der Waals surface area contributed by atoms with E-state index in [0.717, 1.165) is 46.1 Å². The number of rotatable bonds is 7. The molecule has 7 nitrogen and oxygen atoms in total. The predicted molar refractivity (Wildman–Crippen MR) is 142 cm³/mol. The minimum absolute atomic E-state index is 0.283. The molecular weight excluding hydrogens is 539 g/mol. The van der Waals surface area contributed by atoms with Gasteiger partial charge in [0, 0.05) is 39.9 Å². The van der Waals surface area contributed by atoms with Crippen LogP contribution in [-0.2, 0) is 0 Å². The first-order chi connectivity index (χ1) is 18.0. The van der Waals surface area contributed by atoms with Gasteiger partial charge in [-0.1, -0.05) is 22.0 Å². The summed E-state index contributed by atoms with van der Waals surface area (Å²) in [7, 11) is 0. The summed E-state index contributed by atoms with van der Waals surface area (Å²) in [5, 5.41) is 18.4. The fraction of sp³-hybridized carbons (Fsp3) is 0.179. The molecule has 3 heterocycles. The van der Waals surface area contributed by atoms with Gasteiger partial charge >= 0.3 is 0 Å². The van der Waals surface area contributed by atoms with Gasteiger partial charge in [-0.15, -0.1) is 0 Å². The monoisotopic (exact) mass is 560 g/mol. The molecule has 0 amide bonds. The maximum atomic E-state index is 13.9. The highest BCUT2D eigenvalue weighted by Crippen LogP contribution is 2.32. The van der Waals surface area contributed by atoms with Gasteiger partial charge in [-0.25, -0.2) is 9.37 Å². The summed E-state index contributed by atoms with van der Waals surface area (Å²) >= 11 is 3.27. The third kappa shape index (κ3) is 4.80. The Morgan fingerprint density at radius 1 is 1.08 bits per heavy atom. The van der Waals surface area contributed by atoms with E-state index in [2.05, 4.69) is 31.1 Å².